The van der Waals surface area contributed by atoms with Crippen molar-refractivity contribution in [3.05, 3.63) is 33.9 Å². The van der Waals surface area contributed by atoms with E-state index in [1.165, 1.54) is 6.07 Å². The standard InChI is InChI=1S/C8H8N2O2.C3H6O2/c11-10(12)7-3-1-2-6-4-5-9-8(6)7;1-2-5-3-4/h1-3,9H,4-5H2;3H,2H2,1H3. The minimum atomic E-state index is -0.350. The van der Waals surface area contributed by atoms with Gasteiger partial charge in [0.2, 0.25) is 0 Å². The number of nitrogens with one attached hydrogen (secondary N) is 1. The Morgan fingerprint density at radius 3 is 2.88 bits per heavy atom. The second-order valence-electron chi connectivity index (χ2n) is 3.30. The van der Waals surface area contributed by atoms with Crippen molar-refractivity contribution in [2.45, 2.75) is 13.3 Å². The number of nitro benzene ring substituents is 1. The number of carbonyl (C=O) groups is 1. The quantitative estimate of drug-likeness (QED) is 0.492. The summed E-state index contributed by atoms with van der Waals surface area (Å²) in [6.45, 7) is 3.47. The first-order valence-corrected chi connectivity index (χ1v) is 5.26. The van der Waals surface area contributed by atoms with Crippen LogP contribution in [0.4, 0.5) is 11.4 Å². The minimum Gasteiger partial charge on any atom is -0.468 e. The third kappa shape index (κ3) is 3.44. The van der Waals surface area contributed by atoms with Gasteiger partial charge in [0.15, 0.2) is 0 Å². The lowest BCUT2D eigenvalue weighted by Gasteiger charge is -1.99. The maximum absolute atomic E-state index is 10.5. The zero-order valence-corrected chi connectivity index (χ0v) is 9.51. The average molecular weight is 238 g/mol. The lowest BCUT2D eigenvalue weighted by molar-refractivity contribution is -0.383. The van der Waals surface area contributed by atoms with Crippen LogP contribution in [-0.4, -0.2) is 24.5 Å². The van der Waals surface area contributed by atoms with Crippen LogP contribution in [0.1, 0.15) is 12.5 Å². The SMILES string of the molecule is CCOC=O.O=[N+]([O-])c1cccc2c1NCC2. The molecule has 0 radical (unpaired) electrons. The molecule has 1 aromatic rings. The fourth-order valence-corrected chi connectivity index (χ4v) is 1.54. The van der Waals surface area contributed by atoms with Gasteiger partial charge in [0.05, 0.1) is 11.5 Å². The van der Waals surface area contributed by atoms with Crippen molar-refractivity contribution in [2.24, 2.45) is 0 Å². The maximum Gasteiger partial charge on any atom is 0.293 e. The van der Waals surface area contributed by atoms with E-state index in [0.717, 1.165) is 18.5 Å². The molecule has 0 amide bonds. The van der Waals surface area contributed by atoms with Gasteiger partial charge in [-0.15, -0.1) is 0 Å². The summed E-state index contributed by atoms with van der Waals surface area (Å²) in [6.07, 6.45) is 0.886. The van der Waals surface area contributed by atoms with Crippen LogP contribution in [0.15, 0.2) is 18.2 Å². The Bertz CT molecular complexity index is 406. The highest BCUT2D eigenvalue weighted by Gasteiger charge is 2.20. The number of anilines is 1. The highest BCUT2D eigenvalue weighted by Crippen LogP contribution is 2.31. The molecule has 0 bridgehead atoms. The molecule has 0 spiro atoms. The zero-order chi connectivity index (χ0) is 12.7. The molecule has 1 heterocycles. The topological polar surface area (TPSA) is 81.5 Å². The van der Waals surface area contributed by atoms with Gasteiger partial charge in [-0.1, -0.05) is 12.1 Å². The van der Waals surface area contributed by atoms with Crippen molar-refractivity contribution in [3.63, 3.8) is 0 Å². The molecule has 1 aromatic carbocycles. The molecule has 17 heavy (non-hydrogen) atoms. The van der Waals surface area contributed by atoms with E-state index in [2.05, 4.69) is 10.1 Å². The second kappa shape index (κ2) is 6.47. The molecule has 92 valence electrons. The van der Waals surface area contributed by atoms with Gasteiger partial charge in [0.1, 0.15) is 5.69 Å². The van der Waals surface area contributed by atoms with Gasteiger partial charge < -0.3 is 10.1 Å². The van der Waals surface area contributed by atoms with Gasteiger partial charge in [-0.2, -0.15) is 0 Å². The van der Waals surface area contributed by atoms with Crippen LogP contribution < -0.4 is 5.32 Å². The molecule has 0 aliphatic carbocycles. The minimum absolute atomic E-state index is 0.185. The van der Waals surface area contributed by atoms with E-state index in [1.54, 1.807) is 13.0 Å². The number of hydrogen-bond donors (Lipinski definition) is 1. The molecule has 0 atom stereocenters. The van der Waals surface area contributed by atoms with E-state index in [9.17, 15) is 14.9 Å². The molecule has 1 N–H and O–H groups in total. The van der Waals surface area contributed by atoms with Gasteiger partial charge in [0.25, 0.3) is 12.2 Å². The third-order valence-electron chi connectivity index (χ3n) is 2.26. The lowest BCUT2D eigenvalue weighted by Crippen LogP contribution is -1.96. The predicted octanol–water partition coefficient (Wildman–Crippen LogP) is 1.74. The van der Waals surface area contributed by atoms with E-state index in [4.69, 9.17) is 0 Å². The normalized spacial score (nSPS) is 11.6. The Hall–Kier alpha value is -2.11. The van der Waals surface area contributed by atoms with Gasteiger partial charge in [-0.25, -0.2) is 0 Å². The lowest BCUT2D eigenvalue weighted by atomic mass is 10.1. The number of hydrogen-bond acceptors (Lipinski definition) is 5. The van der Waals surface area contributed by atoms with Crippen molar-refractivity contribution in [1.29, 1.82) is 0 Å². The summed E-state index contributed by atoms with van der Waals surface area (Å²) in [6, 6.07) is 5.17. The summed E-state index contributed by atoms with van der Waals surface area (Å²) >= 11 is 0. The van der Waals surface area contributed by atoms with E-state index < -0.39 is 0 Å². The number of nitrogens with zero attached hydrogens (tertiary/aromatic N) is 1. The van der Waals surface area contributed by atoms with Gasteiger partial charge in [-0.05, 0) is 18.9 Å². The summed E-state index contributed by atoms with van der Waals surface area (Å²) < 4.78 is 4.15. The van der Waals surface area contributed by atoms with Crippen LogP contribution in [0.5, 0.6) is 0 Å². The number of carbonyl (C=O) groups excluding carboxylic acids is 1. The Morgan fingerprint density at radius 2 is 2.35 bits per heavy atom. The van der Waals surface area contributed by atoms with E-state index >= 15 is 0 Å². The van der Waals surface area contributed by atoms with Crippen molar-refractivity contribution in [2.75, 3.05) is 18.5 Å². The predicted molar refractivity (Wildman–Crippen MR) is 63.0 cm³/mol. The first-order valence-electron chi connectivity index (χ1n) is 5.26. The number of rotatable bonds is 3. The fourth-order valence-electron chi connectivity index (χ4n) is 1.54. The molecule has 0 aromatic heterocycles. The van der Waals surface area contributed by atoms with Gasteiger partial charge in [0, 0.05) is 12.6 Å². The molecule has 1 aliphatic heterocycles. The van der Waals surface area contributed by atoms with Crippen LogP contribution in [0.25, 0.3) is 0 Å². The van der Waals surface area contributed by atoms with Gasteiger partial charge >= 0.3 is 0 Å². The number of benzene rings is 1. The molecule has 1 aliphatic rings. The Labute approximate surface area is 98.7 Å². The fraction of sp³-hybridized carbons (Fsp3) is 0.364. The van der Waals surface area contributed by atoms with E-state index in [1.807, 2.05) is 6.07 Å². The molecule has 0 saturated heterocycles. The van der Waals surface area contributed by atoms with Crippen LogP contribution in [0, 0.1) is 10.1 Å². The molecule has 6 nitrogen and oxygen atoms in total. The van der Waals surface area contributed by atoms with Crippen LogP contribution >= 0.6 is 0 Å². The van der Waals surface area contributed by atoms with Crippen molar-refractivity contribution < 1.29 is 14.5 Å². The van der Waals surface area contributed by atoms with Crippen molar-refractivity contribution in [3.8, 4) is 0 Å². The van der Waals surface area contributed by atoms with E-state index in [-0.39, 0.29) is 10.6 Å². The summed E-state index contributed by atoms with van der Waals surface area (Å²) in [5, 5.41) is 13.5. The smallest absolute Gasteiger partial charge is 0.293 e. The molecule has 6 heteroatoms. The van der Waals surface area contributed by atoms with E-state index in [0.29, 0.717) is 18.8 Å². The summed E-state index contributed by atoms with van der Waals surface area (Å²) in [5.41, 5.74) is 1.93. The first kappa shape index (κ1) is 13.0. The number of para-hydroxylation sites is 1. The molecular weight excluding hydrogens is 224 g/mol. The zero-order valence-electron chi connectivity index (χ0n) is 9.51. The molecule has 0 fully saturated rings. The van der Waals surface area contributed by atoms with Crippen molar-refractivity contribution >= 4 is 17.8 Å². The van der Waals surface area contributed by atoms with Crippen LogP contribution in [-0.2, 0) is 16.0 Å². The summed E-state index contributed by atoms with van der Waals surface area (Å²) in [5.74, 6) is 0. The van der Waals surface area contributed by atoms with Crippen molar-refractivity contribution in [1.82, 2.24) is 0 Å². The molecule has 0 unspecified atom stereocenters. The summed E-state index contributed by atoms with van der Waals surface area (Å²) in [7, 11) is 0. The molecule has 0 saturated carbocycles. The maximum atomic E-state index is 10.5. The largest absolute Gasteiger partial charge is 0.468 e. The third-order valence-corrected chi connectivity index (χ3v) is 2.26. The second-order valence-corrected chi connectivity index (χ2v) is 3.30. The Balaban J connectivity index is 0.000000249. The molecular formula is C11H14N2O4. The highest BCUT2D eigenvalue weighted by molar-refractivity contribution is 5.68. The number of ether oxygens (including phenoxy) is 1. The Kier molecular flexibility index (Phi) is 4.93. The highest BCUT2D eigenvalue weighted by atomic mass is 16.6. The van der Waals surface area contributed by atoms with Crippen LogP contribution in [0.2, 0.25) is 0 Å². The van der Waals surface area contributed by atoms with Gasteiger partial charge in [-0.3, -0.25) is 14.9 Å². The van der Waals surface area contributed by atoms with Crippen LogP contribution in [0.3, 0.4) is 0 Å². The monoisotopic (exact) mass is 238 g/mol. The molecule has 2 rings (SSSR count). The Morgan fingerprint density at radius 1 is 1.59 bits per heavy atom. The average Bonchev–Trinajstić information content (AvgIpc) is 2.78. The number of fused-ring (bicyclic) bond motifs is 1. The number of nitro groups is 1. The first-order chi connectivity index (χ1) is 8.20. The summed E-state index contributed by atoms with van der Waals surface area (Å²) in [4.78, 5) is 19.4.